The Morgan fingerprint density at radius 3 is 2.68 bits per heavy atom. The Bertz CT molecular complexity index is 485. The van der Waals surface area contributed by atoms with E-state index in [2.05, 4.69) is 29.4 Å². The number of ether oxygens (including phenoxy) is 1. The van der Waals surface area contributed by atoms with Crippen LogP contribution < -0.4 is 15.4 Å². The number of likely N-dealkylation sites (tertiary alicyclic amines) is 1. The molecule has 1 fully saturated rings. The predicted molar refractivity (Wildman–Crippen MR) is 89.4 cm³/mol. The average Bonchev–Trinajstić information content (AvgIpc) is 3.01. The van der Waals surface area contributed by atoms with E-state index < -0.39 is 0 Å². The highest BCUT2D eigenvalue weighted by molar-refractivity contribution is 5.89. The van der Waals surface area contributed by atoms with Gasteiger partial charge in [-0.25, -0.2) is 4.79 Å². The van der Waals surface area contributed by atoms with Crippen LogP contribution in [0.15, 0.2) is 24.3 Å². The second kappa shape index (κ2) is 8.03. The maximum atomic E-state index is 12.1. The molecule has 1 aliphatic heterocycles. The van der Waals surface area contributed by atoms with Crippen LogP contribution in [0.4, 0.5) is 10.5 Å². The molecule has 1 aliphatic rings. The standard InChI is InChI=1S/C17H27N3O2/c1-13(2)16(20-9-4-5-10-20)12-18-17(21)19-14-7-6-8-15(11-14)22-3/h6-8,11,13,16H,4-5,9-10,12H2,1-3H3,(H2,18,19,21). The van der Waals surface area contributed by atoms with Crippen molar-refractivity contribution in [2.24, 2.45) is 5.92 Å². The van der Waals surface area contributed by atoms with Crippen molar-refractivity contribution in [3.63, 3.8) is 0 Å². The van der Waals surface area contributed by atoms with Gasteiger partial charge in [0.2, 0.25) is 0 Å². The topological polar surface area (TPSA) is 53.6 Å². The molecule has 22 heavy (non-hydrogen) atoms. The van der Waals surface area contributed by atoms with E-state index in [0.29, 0.717) is 18.5 Å². The van der Waals surface area contributed by atoms with E-state index in [9.17, 15) is 4.79 Å². The highest BCUT2D eigenvalue weighted by Gasteiger charge is 2.24. The lowest BCUT2D eigenvalue weighted by Crippen LogP contribution is -2.46. The minimum atomic E-state index is -0.168. The van der Waals surface area contributed by atoms with E-state index in [1.54, 1.807) is 13.2 Å². The molecule has 0 spiro atoms. The number of carbonyl (C=O) groups is 1. The molecule has 0 aromatic heterocycles. The Morgan fingerprint density at radius 1 is 1.32 bits per heavy atom. The second-order valence-electron chi connectivity index (χ2n) is 6.12. The molecule has 0 bridgehead atoms. The molecule has 5 nitrogen and oxygen atoms in total. The summed E-state index contributed by atoms with van der Waals surface area (Å²) in [5, 5.41) is 5.85. The lowest BCUT2D eigenvalue weighted by Gasteiger charge is -2.31. The number of hydrogen-bond donors (Lipinski definition) is 2. The van der Waals surface area contributed by atoms with Crippen LogP contribution in [0.5, 0.6) is 5.75 Å². The number of nitrogens with zero attached hydrogens (tertiary/aromatic N) is 1. The number of carbonyl (C=O) groups excluding carboxylic acids is 1. The molecule has 2 amide bonds. The summed E-state index contributed by atoms with van der Waals surface area (Å²) in [5.41, 5.74) is 0.735. The van der Waals surface area contributed by atoms with Gasteiger partial charge < -0.3 is 15.4 Å². The van der Waals surface area contributed by atoms with Crippen LogP contribution in [0.1, 0.15) is 26.7 Å². The van der Waals surface area contributed by atoms with Crippen LogP contribution in [0.25, 0.3) is 0 Å². The molecule has 1 aromatic rings. The molecule has 5 heteroatoms. The molecule has 0 saturated carbocycles. The summed E-state index contributed by atoms with van der Waals surface area (Å²) in [6.45, 7) is 7.38. The molecule has 1 aromatic carbocycles. The van der Waals surface area contributed by atoms with Gasteiger partial charge in [-0.15, -0.1) is 0 Å². The fourth-order valence-electron chi connectivity index (χ4n) is 2.93. The maximum absolute atomic E-state index is 12.1. The Hall–Kier alpha value is -1.75. The first-order chi connectivity index (χ1) is 10.6. The van der Waals surface area contributed by atoms with Gasteiger partial charge in [0.15, 0.2) is 0 Å². The SMILES string of the molecule is COc1cccc(NC(=O)NCC(C(C)C)N2CCCC2)c1. The first kappa shape index (κ1) is 16.6. The third kappa shape index (κ3) is 4.63. The zero-order chi connectivity index (χ0) is 15.9. The number of nitrogens with one attached hydrogen (secondary N) is 2. The molecule has 2 N–H and O–H groups in total. The summed E-state index contributed by atoms with van der Waals surface area (Å²) < 4.78 is 5.16. The van der Waals surface area contributed by atoms with E-state index in [4.69, 9.17) is 4.74 Å². The minimum absolute atomic E-state index is 0.168. The third-order valence-electron chi connectivity index (χ3n) is 4.18. The van der Waals surface area contributed by atoms with Gasteiger partial charge in [-0.3, -0.25) is 4.90 Å². The molecule has 0 aliphatic carbocycles. The van der Waals surface area contributed by atoms with Crippen molar-refractivity contribution in [3.8, 4) is 5.75 Å². The molecule has 2 rings (SSSR count). The molecular weight excluding hydrogens is 278 g/mol. The van der Waals surface area contributed by atoms with Crippen molar-refractivity contribution in [2.75, 3.05) is 32.1 Å². The maximum Gasteiger partial charge on any atom is 0.319 e. The summed E-state index contributed by atoms with van der Waals surface area (Å²) in [7, 11) is 1.61. The van der Waals surface area contributed by atoms with Crippen LogP contribution in [-0.2, 0) is 0 Å². The third-order valence-corrected chi connectivity index (χ3v) is 4.18. The lowest BCUT2D eigenvalue weighted by atomic mass is 10.0. The molecule has 1 unspecified atom stereocenters. The number of benzene rings is 1. The van der Waals surface area contributed by atoms with Crippen molar-refractivity contribution < 1.29 is 9.53 Å². The van der Waals surface area contributed by atoms with Gasteiger partial charge in [0.1, 0.15) is 5.75 Å². The van der Waals surface area contributed by atoms with Crippen molar-refractivity contribution in [1.29, 1.82) is 0 Å². The number of anilines is 1. The average molecular weight is 305 g/mol. The zero-order valence-corrected chi connectivity index (χ0v) is 13.8. The van der Waals surface area contributed by atoms with E-state index in [1.807, 2.05) is 18.2 Å². The van der Waals surface area contributed by atoms with Crippen molar-refractivity contribution >= 4 is 11.7 Å². The van der Waals surface area contributed by atoms with Crippen LogP contribution in [0.2, 0.25) is 0 Å². The first-order valence-corrected chi connectivity index (χ1v) is 8.03. The summed E-state index contributed by atoms with van der Waals surface area (Å²) in [6, 6.07) is 7.60. The van der Waals surface area contributed by atoms with Gasteiger partial charge in [-0.1, -0.05) is 19.9 Å². The molecule has 1 saturated heterocycles. The van der Waals surface area contributed by atoms with Gasteiger partial charge >= 0.3 is 6.03 Å². The number of urea groups is 1. The van der Waals surface area contributed by atoms with Gasteiger partial charge in [0.25, 0.3) is 0 Å². The van der Waals surface area contributed by atoms with Gasteiger partial charge in [0, 0.05) is 24.3 Å². The quantitative estimate of drug-likeness (QED) is 0.849. The minimum Gasteiger partial charge on any atom is -0.497 e. The van der Waals surface area contributed by atoms with E-state index in [1.165, 1.54) is 12.8 Å². The normalized spacial score (nSPS) is 16.5. The molecule has 0 radical (unpaired) electrons. The van der Waals surface area contributed by atoms with Crippen LogP contribution >= 0.6 is 0 Å². The molecular formula is C17H27N3O2. The summed E-state index contributed by atoms with van der Waals surface area (Å²) in [4.78, 5) is 14.6. The van der Waals surface area contributed by atoms with Crippen LogP contribution in [0.3, 0.4) is 0 Å². The van der Waals surface area contributed by atoms with Crippen molar-refractivity contribution in [3.05, 3.63) is 24.3 Å². The van der Waals surface area contributed by atoms with E-state index >= 15 is 0 Å². The second-order valence-corrected chi connectivity index (χ2v) is 6.12. The predicted octanol–water partition coefficient (Wildman–Crippen LogP) is 2.94. The van der Waals surface area contributed by atoms with Crippen LogP contribution in [-0.4, -0.2) is 43.7 Å². The van der Waals surface area contributed by atoms with E-state index in [0.717, 1.165) is 24.5 Å². The number of hydrogen-bond acceptors (Lipinski definition) is 3. The van der Waals surface area contributed by atoms with E-state index in [-0.39, 0.29) is 6.03 Å². The van der Waals surface area contributed by atoms with Gasteiger partial charge in [0.05, 0.1) is 7.11 Å². The Balaban J connectivity index is 1.85. The Morgan fingerprint density at radius 2 is 2.05 bits per heavy atom. The smallest absolute Gasteiger partial charge is 0.319 e. The Kier molecular flexibility index (Phi) is 6.07. The highest BCUT2D eigenvalue weighted by Crippen LogP contribution is 2.18. The van der Waals surface area contributed by atoms with Crippen LogP contribution in [0, 0.1) is 5.92 Å². The summed E-state index contributed by atoms with van der Waals surface area (Å²) >= 11 is 0. The fraction of sp³-hybridized carbons (Fsp3) is 0.588. The summed E-state index contributed by atoms with van der Waals surface area (Å²) in [6.07, 6.45) is 2.53. The van der Waals surface area contributed by atoms with Gasteiger partial charge in [-0.05, 0) is 44.0 Å². The fourth-order valence-corrected chi connectivity index (χ4v) is 2.93. The Labute approximate surface area is 133 Å². The zero-order valence-electron chi connectivity index (χ0n) is 13.8. The summed E-state index contributed by atoms with van der Waals surface area (Å²) in [5.74, 6) is 1.25. The van der Waals surface area contributed by atoms with Gasteiger partial charge in [-0.2, -0.15) is 0 Å². The largest absolute Gasteiger partial charge is 0.497 e. The monoisotopic (exact) mass is 305 g/mol. The molecule has 1 atom stereocenters. The number of amides is 2. The van der Waals surface area contributed by atoms with Crippen molar-refractivity contribution in [1.82, 2.24) is 10.2 Å². The highest BCUT2D eigenvalue weighted by atomic mass is 16.5. The molecule has 122 valence electrons. The number of rotatable bonds is 6. The molecule has 1 heterocycles. The first-order valence-electron chi connectivity index (χ1n) is 8.03. The van der Waals surface area contributed by atoms with Crippen molar-refractivity contribution in [2.45, 2.75) is 32.7 Å². The number of methoxy groups -OCH3 is 1. The lowest BCUT2D eigenvalue weighted by molar-refractivity contribution is 0.186.